The van der Waals surface area contributed by atoms with Gasteiger partial charge in [0.05, 0.1) is 0 Å². The molecule has 1 N–H and O–H groups in total. The van der Waals surface area contributed by atoms with E-state index in [1.807, 2.05) is 0 Å². The molecule has 5 heteroatoms. The van der Waals surface area contributed by atoms with Crippen molar-refractivity contribution >= 4 is 12.0 Å². The molecular weight excluding hydrogens is 222 g/mol. The molecule has 1 aromatic carbocycles. The van der Waals surface area contributed by atoms with E-state index in [9.17, 15) is 9.90 Å². The first-order chi connectivity index (χ1) is 8.08. The van der Waals surface area contributed by atoms with Gasteiger partial charge in [-0.05, 0) is 12.1 Å². The molecule has 1 aliphatic rings. The lowest BCUT2D eigenvalue weighted by Gasteiger charge is -2.06. The maximum absolute atomic E-state index is 11.4. The monoisotopic (exact) mass is 235 g/mol. The largest absolute Gasteiger partial charge is 0.507 e. The normalized spacial score (nSPS) is 13.1. The molecule has 0 bridgehead atoms. The molecule has 90 valence electrons. The molecule has 1 amide bonds. The highest BCUT2D eigenvalue weighted by molar-refractivity contribution is 5.91. The standard InChI is InChI=1S/C12H13NO4/c1-13(2)12(15)4-3-8-5-10-11(6-9(8)14)17-7-16-10/h3-6,14H,7H2,1-2H3/b4-3+. The predicted octanol–water partition coefficient (Wildman–Crippen LogP) is 1.22. The lowest BCUT2D eigenvalue weighted by atomic mass is 10.1. The van der Waals surface area contributed by atoms with Gasteiger partial charge in [0, 0.05) is 31.8 Å². The molecule has 1 aromatic rings. The number of nitrogens with zero attached hydrogens (tertiary/aromatic N) is 1. The molecule has 0 fully saturated rings. The zero-order valence-corrected chi connectivity index (χ0v) is 9.64. The van der Waals surface area contributed by atoms with Crippen molar-refractivity contribution in [3.8, 4) is 17.2 Å². The Morgan fingerprint density at radius 1 is 1.35 bits per heavy atom. The number of likely N-dealkylation sites (N-methyl/N-ethyl adjacent to an activating group) is 1. The number of carbonyl (C=O) groups excluding carboxylic acids is 1. The molecule has 2 rings (SSSR count). The van der Waals surface area contributed by atoms with E-state index in [4.69, 9.17) is 9.47 Å². The molecule has 0 radical (unpaired) electrons. The van der Waals surface area contributed by atoms with Crippen molar-refractivity contribution in [2.75, 3.05) is 20.9 Å². The van der Waals surface area contributed by atoms with Crippen LogP contribution in [0.15, 0.2) is 18.2 Å². The summed E-state index contributed by atoms with van der Waals surface area (Å²) in [6, 6.07) is 3.11. The Labute approximate surface area is 98.9 Å². The maximum atomic E-state index is 11.4. The second kappa shape index (κ2) is 4.37. The Hall–Kier alpha value is -2.17. The molecular formula is C12H13NO4. The van der Waals surface area contributed by atoms with Gasteiger partial charge in [-0.15, -0.1) is 0 Å². The second-order valence-electron chi connectivity index (χ2n) is 3.83. The minimum Gasteiger partial charge on any atom is -0.507 e. The number of benzene rings is 1. The summed E-state index contributed by atoms with van der Waals surface area (Å²) in [4.78, 5) is 12.8. The maximum Gasteiger partial charge on any atom is 0.246 e. The zero-order chi connectivity index (χ0) is 12.4. The van der Waals surface area contributed by atoms with Crippen molar-refractivity contribution in [2.24, 2.45) is 0 Å². The first-order valence-electron chi connectivity index (χ1n) is 5.10. The Morgan fingerprint density at radius 2 is 2.00 bits per heavy atom. The van der Waals surface area contributed by atoms with Gasteiger partial charge in [-0.1, -0.05) is 0 Å². The predicted molar refractivity (Wildman–Crippen MR) is 62.0 cm³/mol. The van der Waals surface area contributed by atoms with E-state index in [-0.39, 0.29) is 18.4 Å². The number of carbonyl (C=O) groups is 1. The van der Waals surface area contributed by atoms with Crippen LogP contribution < -0.4 is 9.47 Å². The van der Waals surface area contributed by atoms with Crippen molar-refractivity contribution in [3.05, 3.63) is 23.8 Å². The van der Waals surface area contributed by atoms with E-state index in [1.165, 1.54) is 17.0 Å². The quantitative estimate of drug-likeness (QED) is 0.783. The van der Waals surface area contributed by atoms with E-state index in [1.54, 1.807) is 26.2 Å². The molecule has 17 heavy (non-hydrogen) atoms. The molecule has 1 aliphatic heterocycles. The van der Waals surface area contributed by atoms with Gasteiger partial charge in [0.2, 0.25) is 12.7 Å². The van der Waals surface area contributed by atoms with Crippen LogP contribution in [0.3, 0.4) is 0 Å². The van der Waals surface area contributed by atoms with E-state index in [0.717, 1.165) is 0 Å². The van der Waals surface area contributed by atoms with Gasteiger partial charge >= 0.3 is 0 Å². The van der Waals surface area contributed by atoms with Crippen LogP contribution in [-0.4, -0.2) is 36.8 Å². The number of hydrogen-bond acceptors (Lipinski definition) is 4. The molecule has 0 aliphatic carbocycles. The molecule has 0 atom stereocenters. The van der Waals surface area contributed by atoms with E-state index >= 15 is 0 Å². The number of phenols is 1. The summed E-state index contributed by atoms with van der Waals surface area (Å²) in [5, 5.41) is 9.71. The first kappa shape index (κ1) is 11.3. The van der Waals surface area contributed by atoms with E-state index in [2.05, 4.69) is 0 Å². The molecule has 0 unspecified atom stereocenters. The fourth-order valence-electron chi connectivity index (χ4n) is 1.39. The highest BCUT2D eigenvalue weighted by Gasteiger charge is 2.15. The fourth-order valence-corrected chi connectivity index (χ4v) is 1.39. The summed E-state index contributed by atoms with van der Waals surface area (Å²) in [6.45, 7) is 0.151. The number of fused-ring (bicyclic) bond motifs is 1. The van der Waals surface area contributed by atoms with E-state index < -0.39 is 0 Å². The van der Waals surface area contributed by atoms with Gasteiger partial charge in [-0.25, -0.2) is 0 Å². The number of aromatic hydroxyl groups is 1. The molecule has 1 heterocycles. The SMILES string of the molecule is CN(C)C(=O)/C=C/c1cc2c(cc1O)OCO2. The Kier molecular flexibility index (Phi) is 2.91. The fraction of sp³-hybridized carbons (Fsp3) is 0.250. The zero-order valence-electron chi connectivity index (χ0n) is 9.64. The number of hydrogen-bond donors (Lipinski definition) is 1. The van der Waals surface area contributed by atoms with Crippen LogP contribution in [0.2, 0.25) is 0 Å². The van der Waals surface area contributed by atoms with Crippen LogP contribution in [0.1, 0.15) is 5.56 Å². The molecule has 0 saturated carbocycles. The Morgan fingerprint density at radius 3 is 2.65 bits per heavy atom. The van der Waals surface area contributed by atoms with Crippen LogP contribution >= 0.6 is 0 Å². The van der Waals surface area contributed by atoms with Crippen LogP contribution in [-0.2, 0) is 4.79 Å². The smallest absolute Gasteiger partial charge is 0.246 e. The Bertz CT molecular complexity index is 480. The van der Waals surface area contributed by atoms with Gasteiger partial charge in [-0.2, -0.15) is 0 Å². The van der Waals surface area contributed by atoms with Crippen molar-refractivity contribution in [1.82, 2.24) is 4.90 Å². The lowest BCUT2D eigenvalue weighted by molar-refractivity contribution is -0.123. The first-order valence-corrected chi connectivity index (χ1v) is 5.10. The summed E-state index contributed by atoms with van der Waals surface area (Å²) in [6.07, 6.45) is 2.93. The number of amides is 1. The van der Waals surface area contributed by atoms with Gasteiger partial charge in [0.1, 0.15) is 5.75 Å². The van der Waals surface area contributed by atoms with Crippen molar-refractivity contribution in [2.45, 2.75) is 0 Å². The summed E-state index contributed by atoms with van der Waals surface area (Å²) in [5.74, 6) is 0.984. The van der Waals surface area contributed by atoms with Crippen molar-refractivity contribution < 1.29 is 19.4 Å². The topological polar surface area (TPSA) is 59.0 Å². The molecule has 0 saturated heterocycles. The number of rotatable bonds is 2. The molecule has 0 spiro atoms. The van der Waals surface area contributed by atoms with Crippen LogP contribution in [0.5, 0.6) is 17.2 Å². The summed E-state index contributed by atoms with van der Waals surface area (Å²) >= 11 is 0. The summed E-state index contributed by atoms with van der Waals surface area (Å²) < 4.78 is 10.3. The minimum atomic E-state index is -0.151. The van der Waals surface area contributed by atoms with Gasteiger partial charge in [-0.3, -0.25) is 4.79 Å². The third-order valence-electron chi connectivity index (χ3n) is 2.37. The minimum absolute atomic E-state index is 0.0528. The third-order valence-corrected chi connectivity index (χ3v) is 2.37. The van der Waals surface area contributed by atoms with Crippen LogP contribution in [0, 0.1) is 0 Å². The highest BCUT2D eigenvalue weighted by Crippen LogP contribution is 2.37. The van der Waals surface area contributed by atoms with Gasteiger partial charge in [0.15, 0.2) is 11.5 Å². The average Bonchev–Trinajstić information content (AvgIpc) is 2.72. The Balaban J connectivity index is 2.25. The van der Waals surface area contributed by atoms with E-state index in [0.29, 0.717) is 17.1 Å². The third kappa shape index (κ3) is 2.33. The van der Waals surface area contributed by atoms with Gasteiger partial charge in [0.25, 0.3) is 0 Å². The van der Waals surface area contributed by atoms with Gasteiger partial charge < -0.3 is 19.5 Å². The van der Waals surface area contributed by atoms with Crippen molar-refractivity contribution in [1.29, 1.82) is 0 Å². The van der Waals surface area contributed by atoms with Crippen molar-refractivity contribution in [3.63, 3.8) is 0 Å². The lowest BCUT2D eigenvalue weighted by Crippen LogP contribution is -2.18. The summed E-state index contributed by atoms with van der Waals surface area (Å²) in [7, 11) is 3.32. The number of phenolic OH excluding ortho intramolecular Hbond substituents is 1. The summed E-state index contributed by atoms with van der Waals surface area (Å²) in [5.41, 5.74) is 0.518. The molecule has 5 nitrogen and oxygen atoms in total. The second-order valence-corrected chi connectivity index (χ2v) is 3.83. The molecule has 0 aromatic heterocycles. The number of ether oxygens (including phenoxy) is 2. The highest BCUT2D eigenvalue weighted by atomic mass is 16.7. The van der Waals surface area contributed by atoms with Crippen LogP contribution in [0.4, 0.5) is 0 Å². The van der Waals surface area contributed by atoms with Crippen LogP contribution in [0.25, 0.3) is 6.08 Å². The average molecular weight is 235 g/mol.